The summed E-state index contributed by atoms with van der Waals surface area (Å²) in [6, 6.07) is 12.5. The lowest BCUT2D eigenvalue weighted by atomic mass is 9.83. The number of unbranched alkanes of at least 4 members (excludes halogenated alkanes) is 7. The lowest BCUT2D eigenvalue weighted by Crippen LogP contribution is -2.27. The summed E-state index contributed by atoms with van der Waals surface area (Å²) in [5.41, 5.74) is 2.64. The number of ether oxygens (including phenoxy) is 1. The summed E-state index contributed by atoms with van der Waals surface area (Å²) in [5, 5.41) is 0.182. The lowest BCUT2D eigenvalue weighted by Gasteiger charge is -2.27. The van der Waals surface area contributed by atoms with Crippen LogP contribution in [0.3, 0.4) is 0 Å². The summed E-state index contributed by atoms with van der Waals surface area (Å²) in [5.74, 6) is -0.156. The summed E-state index contributed by atoms with van der Waals surface area (Å²) >= 11 is 0. The molecule has 2 aromatic carbocycles. The van der Waals surface area contributed by atoms with Crippen molar-refractivity contribution in [3.05, 3.63) is 53.6 Å². The Hall–Kier alpha value is -2.03. The molecule has 2 aromatic rings. The van der Waals surface area contributed by atoms with Crippen molar-refractivity contribution >= 4 is 18.8 Å². The van der Waals surface area contributed by atoms with Crippen molar-refractivity contribution in [2.75, 3.05) is 6.61 Å². The zero-order valence-corrected chi connectivity index (χ0v) is 18.0. The fraction of sp³-hybridized carbons (Fsp3) is 0.458. The van der Waals surface area contributed by atoms with Crippen molar-refractivity contribution in [3.63, 3.8) is 0 Å². The van der Waals surface area contributed by atoms with Crippen molar-refractivity contribution in [3.8, 4) is 11.1 Å². The first-order valence-corrected chi connectivity index (χ1v) is 11.9. The number of carbonyl (C=O) groups excluding carboxylic acids is 1. The molecular weight excluding hydrogens is 383 g/mol. The van der Waals surface area contributed by atoms with Gasteiger partial charge in [-0.1, -0.05) is 88.3 Å². The number of fused-ring (bicyclic) bond motifs is 3. The lowest BCUT2D eigenvalue weighted by molar-refractivity contribution is 0.0390. The molecule has 1 aliphatic rings. The third-order valence-electron chi connectivity index (χ3n) is 5.55. The number of benzene rings is 2. The Balaban J connectivity index is 1.69. The largest absolute Gasteiger partial charge is 0.365 e. The summed E-state index contributed by atoms with van der Waals surface area (Å²) in [7, 11) is -2.81. The number of Topliss-reactive ketones (excluding diaryl/α,β-unsaturated/α-hetero) is 1. The van der Waals surface area contributed by atoms with E-state index < -0.39 is 13.8 Å². The SMILES string of the molecule is CCCCCCCCCCOC1C(=O)c2ccccc2-c2cccc(P(=O)=O)c21. The summed E-state index contributed by atoms with van der Waals surface area (Å²) in [4.78, 5) is 13.1. The Bertz CT molecular complexity index is 909. The molecule has 0 spiro atoms. The van der Waals surface area contributed by atoms with E-state index in [0.29, 0.717) is 17.7 Å². The molecule has 154 valence electrons. The molecule has 0 aromatic heterocycles. The number of hydrogen-bond donors (Lipinski definition) is 0. The van der Waals surface area contributed by atoms with Gasteiger partial charge in [0.25, 0.3) is 0 Å². The quantitative estimate of drug-likeness (QED) is 0.310. The van der Waals surface area contributed by atoms with E-state index in [2.05, 4.69) is 6.92 Å². The van der Waals surface area contributed by atoms with Gasteiger partial charge in [-0.15, -0.1) is 0 Å². The minimum Gasteiger partial charge on any atom is -0.365 e. The van der Waals surface area contributed by atoms with E-state index in [0.717, 1.165) is 24.0 Å². The zero-order chi connectivity index (χ0) is 20.6. The van der Waals surface area contributed by atoms with Crippen molar-refractivity contribution in [1.29, 1.82) is 0 Å². The van der Waals surface area contributed by atoms with E-state index in [9.17, 15) is 13.9 Å². The molecule has 3 rings (SSSR count). The monoisotopic (exact) mass is 412 g/mol. The maximum absolute atomic E-state index is 13.1. The van der Waals surface area contributed by atoms with E-state index >= 15 is 0 Å². The van der Waals surface area contributed by atoms with Crippen LogP contribution in [0.15, 0.2) is 42.5 Å². The normalized spacial score (nSPS) is 15.1. The third kappa shape index (κ3) is 5.12. The van der Waals surface area contributed by atoms with E-state index in [1.807, 2.05) is 24.3 Å². The van der Waals surface area contributed by atoms with E-state index in [4.69, 9.17) is 4.74 Å². The molecule has 0 fully saturated rings. The van der Waals surface area contributed by atoms with Gasteiger partial charge in [-0.3, -0.25) is 4.79 Å². The summed E-state index contributed by atoms with van der Waals surface area (Å²) < 4.78 is 29.7. The van der Waals surface area contributed by atoms with Gasteiger partial charge in [0.1, 0.15) is 6.10 Å². The Morgan fingerprint density at radius 1 is 0.793 bits per heavy atom. The molecule has 1 aliphatic carbocycles. The van der Waals surface area contributed by atoms with Crippen LogP contribution < -0.4 is 5.30 Å². The molecule has 0 saturated carbocycles. The van der Waals surface area contributed by atoms with E-state index in [-0.39, 0.29) is 11.1 Å². The van der Waals surface area contributed by atoms with Crippen LogP contribution in [0, 0.1) is 0 Å². The molecule has 0 bridgehead atoms. The van der Waals surface area contributed by atoms with Crippen LogP contribution in [-0.4, -0.2) is 12.4 Å². The van der Waals surface area contributed by atoms with Crippen molar-refractivity contribution in [1.82, 2.24) is 0 Å². The van der Waals surface area contributed by atoms with Gasteiger partial charge in [0.2, 0.25) is 0 Å². The first-order chi connectivity index (χ1) is 14.1. The predicted molar refractivity (Wildman–Crippen MR) is 115 cm³/mol. The van der Waals surface area contributed by atoms with E-state index in [1.54, 1.807) is 18.2 Å². The zero-order valence-electron chi connectivity index (χ0n) is 17.1. The van der Waals surface area contributed by atoms with Crippen LogP contribution in [0.2, 0.25) is 0 Å². The van der Waals surface area contributed by atoms with Crippen molar-refractivity contribution in [2.45, 2.75) is 64.4 Å². The molecule has 5 heteroatoms. The predicted octanol–water partition coefficient (Wildman–Crippen LogP) is 6.55. The van der Waals surface area contributed by atoms with Crippen molar-refractivity contribution in [2.24, 2.45) is 0 Å². The van der Waals surface area contributed by atoms with Gasteiger partial charge < -0.3 is 4.74 Å². The number of ketones is 1. The fourth-order valence-electron chi connectivity index (χ4n) is 4.02. The minimum atomic E-state index is -2.81. The van der Waals surface area contributed by atoms with Crippen LogP contribution in [0.4, 0.5) is 0 Å². The van der Waals surface area contributed by atoms with Crippen molar-refractivity contribution < 1.29 is 18.7 Å². The molecule has 0 amide bonds. The van der Waals surface area contributed by atoms with Gasteiger partial charge in [0.15, 0.2) is 5.78 Å². The smallest absolute Gasteiger partial charge is 0.349 e. The van der Waals surface area contributed by atoms with Gasteiger partial charge >= 0.3 is 7.68 Å². The topological polar surface area (TPSA) is 60.4 Å². The molecule has 29 heavy (non-hydrogen) atoms. The number of hydrogen-bond acceptors (Lipinski definition) is 4. The van der Waals surface area contributed by atoms with Crippen LogP contribution in [0.5, 0.6) is 0 Å². The highest BCUT2D eigenvalue weighted by Gasteiger charge is 2.35. The second-order valence-corrected chi connectivity index (χ2v) is 8.63. The standard InChI is InChI=1S/C24H29O4P/c1-2-3-4-5-6-7-8-11-17-28-24-22-19(15-12-16-21(22)29(26)27)18-13-9-10-14-20(18)23(24)25/h9-10,12-16,24H,2-8,11,17H2,1H3. The molecule has 0 N–H and O–H groups in total. The van der Waals surface area contributed by atoms with Gasteiger partial charge in [-0.05, 0) is 23.6 Å². The second kappa shape index (κ2) is 10.7. The van der Waals surface area contributed by atoms with Crippen LogP contribution in [0.25, 0.3) is 11.1 Å². The Kier molecular flexibility index (Phi) is 7.97. The second-order valence-electron chi connectivity index (χ2n) is 7.63. The summed E-state index contributed by atoms with van der Waals surface area (Å²) in [6.07, 6.45) is 8.63. The average molecular weight is 412 g/mol. The van der Waals surface area contributed by atoms with Gasteiger partial charge in [-0.2, -0.15) is 0 Å². The maximum atomic E-state index is 13.1. The third-order valence-corrected chi connectivity index (χ3v) is 6.33. The molecule has 0 aliphatic heterocycles. The Labute approximate surface area is 173 Å². The Morgan fingerprint density at radius 3 is 2.10 bits per heavy atom. The maximum Gasteiger partial charge on any atom is 0.349 e. The number of carbonyl (C=O) groups is 1. The molecule has 0 radical (unpaired) electrons. The molecule has 0 heterocycles. The minimum absolute atomic E-state index is 0.156. The Morgan fingerprint density at radius 2 is 1.41 bits per heavy atom. The molecule has 1 atom stereocenters. The first-order valence-electron chi connectivity index (χ1n) is 10.7. The fourth-order valence-corrected chi connectivity index (χ4v) is 4.67. The van der Waals surface area contributed by atoms with Crippen LogP contribution in [-0.2, 0) is 13.9 Å². The van der Waals surface area contributed by atoms with Gasteiger partial charge in [-0.25, -0.2) is 9.13 Å². The molecule has 4 nitrogen and oxygen atoms in total. The van der Waals surface area contributed by atoms with Crippen LogP contribution in [0.1, 0.15) is 80.3 Å². The average Bonchev–Trinajstić information content (AvgIpc) is 2.74. The van der Waals surface area contributed by atoms with Gasteiger partial charge in [0, 0.05) is 17.7 Å². The van der Waals surface area contributed by atoms with E-state index in [1.165, 1.54) is 38.5 Å². The summed E-state index contributed by atoms with van der Waals surface area (Å²) in [6.45, 7) is 2.67. The highest BCUT2D eigenvalue weighted by atomic mass is 31.1. The highest BCUT2D eigenvalue weighted by molar-refractivity contribution is 7.40. The molecule has 1 unspecified atom stereocenters. The molecular formula is C24H29O4P. The molecule has 0 saturated heterocycles. The number of rotatable bonds is 11. The van der Waals surface area contributed by atoms with Gasteiger partial charge in [0.05, 0.1) is 5.30 Å². The van der Waals surface area contributed by atoms with Crippen LogP contribution >= 0.6 is 7.68 Å². The highest BCUT2D eigenvalue weighted by Crippen LogP contribution is 2.40. The first kappa shape index (κ1) is 21.7.